The molecule has 0 fully saturated rings. The molecule has 2 N–H and O–H groups in total. The second-order valence-electron chi connectivity index (χ2n) is 4.10. The Kier molecular flexibility index (Phi) is 10.3. The average molecular weight is 251 g/mol. The van der Waals surface area contributed by atoms with E-state index in [0.29, 0.717) is 6.16 Å². The van der Waals surface area contributed by atoms with Gasteiger partial charge in [0.05, 0.1) is 6.16 Å². The fraction of sp³-hybridized carbons (Fsp3) is 1.00. The summed E-state index contributed by atoms with van der Waals surface area (Å²) in [6.07, 6.45) is 10.1. The van der Waals surface area contributed by atoms with Crippen LogP contribution in [-0.2, 0) is 13.7 Å². The third kappa shape index (κ3) is 8.28. The topological polar surface area (TPSA) is 61.5 Å². The Bertz CT molecular complexity index is 192. The van der Waals surface area contributed by atoms with E-state index in [0.717, 1.165) is 12.8 Å². The highest BCUT2D eigenvalue weighted by Gasteiger charge is 2.20. The van der Waals surface area contributed by atoms with Gasteiger partial charge in [-0.2, -0.15) is 0 Å². The maximum absolute atomic E-state index is 11.6. The lowest BCUT2D eigenvalue weighted by Crippen LogP contribution is -2.02. The molecular formula is C11H26NO3P. The summed E-state index contributed by atoms with van der Waals surface area (Å²) in [7, 11) is -1.60. The number of nitrogens with two attached hydrogens (primary N) is 1. The van der Waals surface area contributed by atoms with Crippen molar-refractivity contribution in [2.24, 2.45) is 5.90 Å². The largest absolute Gasteiger partial charge is 0.346 e. The molecule has 5 heteroatoms. The lowest BCUT2D eigenvalue weighted by molar-refractivity contribution is 0.238. The highest BCUT2D eigenvalue weighted by Crippen LogP contribution is 2.46. The van der Waals surface area contributed by atoms with Crippen LogP contribution in [0.1, 0.15) is 58.3 Å². The van der Waals surface area contributed by atoms with E-state index in [1.54, 1.807) is 0 Å². The van der Waals surface area contributed by atoms with Crippen molar-refractivity contribution in [1.29, 1.82) is 0 Å². The molecule has 0 radical (unpaired) electrons. The van der Waals surface area contributed by atoms with Crippen molar-refractivity contribution < 1.29 is 13.7 Å². The molecule has 0 aliphatic heterocycles. The predicted molar refractivity (Wildman–Crippen MR) is 67.4 cm³/mol. The Balaban J connectivity index is 3.29. The van der Waals surface area contributed by atoms with Gasteiger partial charge >= 0.3 is 7.60 Å². The van der Waals surface area contributed by atoms with Crippen molar-refractivity contribution in [3.63, 3.8) is 0 Å². The van der Waals surface area contributed by atoms with Gasteiger partial charge in [0.15, 0.2) is 0 Å². The fourth-order valence-corrected chi connectivity index (χ4v) is 2.61. The second kappa shape index (κ2) is 10.3. The standard InChI is InChI=1S/C11H26NO3P/c1-3-4-5-6-7-8-9-10-11-16(13,14-2)15-12/h3-12H2,1-2H3. The van der Waals surface area contributed by atoms with Crippen molar-refractivity contribution in [3.05, 3.63) is 0 Å². The minimum absolute atomic E-state index is 0.426. The highest BCUT2D eigenvalue weighted by molar-refractivity contribution is 7.53. The van der Waals surface area contributed by atoms with E-state index in [-0.39, 0.29) is 0 Å². The van der Waals surface area contributed by atoms with Crippen molar-refractivity contribution >= 4 is 7.60 Å². The lowest BCUT2D eigenvalue weighted by Gasteiger charge is -2.11. The Labute approximate surface area is 99.4 Å². The van der Waals surface area contributed by atoms with Crippen LogP contribution in [0.4, 0.5) is 0 Å². The van der Waals surface area contributed by atoms with Gasteiger partial charge in [0.2, 0.25) is 0 Å². The molecule has 0 heterocycles. The summed E-state index contributed by atoms with van der Waals surface area (Å²) >= 11 is 0. The molecule has 16 heavy (non-hydrogen) atoms. The van der Waals surface area contributed by atoms with E-state index in [2.05, 4.69) is 11.5 Å². The van der Waals surface area contributed by atoms with Crippen molar-refractivity contribution in [2.45, 2.75) is 58.3 Å². The molecule has 0 rings (SSSR count). The lowest BCUT2D eigenvalue weighted by atomic mass is 10.1. The first-order chi connectivity index (χ1) is 7.68. The molecule has 0 amide bonds. The Morgan fingerprint density at radius 1 is 1.00 bits per heavy atom. The molecular weight excluding hydrogens is 225 g/mol. The molecule has 0 bridgehead atoms. The number of rotatable bonds is 11. The zero-order chi connectivity index (χ0) is 12.3. The van der Waals surface area contributed by atoms with Crippen LogP contribution in [0.2, 0.25) is 0 Å². The van der Waals surface area contributed by atoms with Crippen LogP contribution in [0.25, 0.3) is 0 Å². The number of hydrogen-bond acceptors (Lipinski definition) is 4. The normalized spacial score (nSPS) is 14.9. The van der Waals surface area contributed by atoms with E-state index in [1.807, 2.05) is 0 Å². The fourth-order valence-electron chi connectivity index (χ4n) is 1.63. The van der Waals surface area contributed by atoms with Crippen LogP contribution < -0.4 is 5.90 Å². The van der Waals surface area contributed by atoms with Gasteiger partial charge in [-0.15, -0.1) is 0 Å². The van der Waals surface area contributed by atoms with E-state index >= 15 is 0 Å². The van der Waals surface area contributed by atoms with Crippen LogP contribution in [0.3, 0.4) is 0 Å². The SMILES string of the molecule is CCCCCCCCCCP(=O)(OC)ON. The molecule has 0 aromatic rings. The number of hydrogen-bond donors (Lipinski definition) is 1. The first kappa shape index (κ1) is 16.1. The summed E-state index contributed by atoms with van der Waals surface area (Å²) in [6.45, 7) is 2.22. The minimum atomic E-state index is -2.97. The van der Waals surface area contributed by atoms with Crippen LogP contribution in [0.15, 0.2) is 0 Å². The average Bonchev–Trinajstić information content (AvgIpc) is 2.32. The smallest absolute Gasteiger partial charge is 0.311 e. The summed E-state index contributed by atoms with van der Waals surface area (Å²) in [5.74, 6) is 4.93. The Morgan fingerprint density at radius 3 is 1.94 bits per heavy atom. The van der Waals surface area contributed by atoms with Gasteiger partial charge in [-0.05, 0) is 6.42 Å². The van der Waals surface area contributed by atoms with Gasteiger partial charge < -0.3 is 4.52 Å². The quantitative estimate of drug-likeness (QED) is 0.344. The minimum Gasteiger partial charge on any atom is -0.311 e. The summed E-state index contributed by atoms with van der Waals surface area (Å²) < 4.78 is 20.7. The molecule has 0 aromatic heterocycles. The van der Waals surface area contributed by atoms with Crippen molar-refractivity contribution in [2.75, 3.05) is 13.3 Å². The first-order valence-electron chi connectivity index (χ1n) is 6.22. The van der Waals surface area contributed by atoms with Crippen LogP contribution in [0.5, 0.6) is 0 Å². The van der Waals surface area contributed by atoms with Gasteiger partial charge in [-0.3, -0.25) is 4.57 Å². The summed E-state index contributed by atoms with van der Waals surface area (Å²) in [5.41, 5.74) is 0. The molecule has 98 valence electrons. The zero-order valence-electron chi connectivity index (χ0n) is 10.6. The first-order valence-corrected chi connectivity index (χ1v) is 7.94. The van der Waals surface area contributed by atoms with Crippen molar-refractivity contribution in [3.8, 4) is 0 Å². The monoisotopic (exact) mass is 251 g/mol. The summed E-state index contributed by atoms with van der Waals surface area (Å²) in [4.78, 5) is 0. The van der Waals surface area contributed by atoms with Crippen LogP contribution in [-0.4, -0.2) is 13.3 Å². The molecule has 4 nitrogen and oxygen atoms in total. The molecule has 1 atom stereocenters. The van der Waals surface area contributed by atoms with Crippen molar-refractivity contribution in [1.82, 2.24) is 0 Å². The van der Waals surface area contributed by atoms with E-state index < -0.39 is 7.60 Å². The van der Waals surface area contributed by atoms with Crippen LogP contribution >= 0.6 is 7.60 Å². The zero-order valence-corrected chi connectivity index (χ0v) is 11.5. The van der Waals surface area contributed by atoms with Gasteiger partial charge in [-0.1, -0.05) is 51.9 Å². The molecule has 0 aliphatic rings. The predicted octanol–water partition coefficient (Wildman–Crippen LogP) is 3.86. The molecule has 0 spiro atoms. The van der Waals surface area contributed by atoms with E-state index in [4.69, 9.17) is 10.4 Å². The number of unbranched alkanes of at least 4 members (excludes halogenated alkanes) is 7. The summed E-state index contributed by atoms with van der Waals surface area (Å²) in [6, 6.07) is 0. The molecule has 0 saturated heterocycles. The maximum atomic E-state index is 11.6. The van der Waals surface area contributed by atoms with Gasteiger partial charge in [0.1, 0.15) is 0 Å². The van der Waals surface area contributed by atoms with E-state index in [9.17, 15) is 4.57 Å². The Hall–Kier alpha value is 0.110. The summed E-state index contributed by atoms with van der Waals surface area (Å²) in [5, 5.41) is 0. The van der Waals surface area contributed by atoms with Gasteiger partial charge in [-0.25, -0.2) is 10.5 Å². The highest BCUT2D eigenvalue weighted by atomic mass is 31.2. The Morgan fingerprint density at radius 2 is 1.50 bits per heavy atom. The molecule has 0 saturated carbocycles. The van der Waals surface area contributed by atoms with Gasteiger partial charge in [0, 0.05) is 7.11 Å². The van der Waals surface area contributed by atoms with Gasteiger partial charge in [0.25, 0.3) is 0 Å². The third-order valence-electron chi connectivity index (χ3n) is 2.72. The maximum Gasteiger partial charge on any atom is 0.346 e. The third-order valence-corrected chi connectivity index (χ3v) is 4.47. The second-order valence-corrected chi connectivity index (χ2v) is 6.34. The van der Waals surface area contributed by atoms with Crippen LogP contribution in [0, 0.1) is 0 Å². The molecule has 0 aromatic carbocycles. The molecule has 1 unspecified atom stereocenters. The molecule has 0 aliphatic carbocycles. The van der Waals surface area contributed by atoms with E-state index in [1.165, 1.54) is 45.6 Å².